The van der Waals surface area contributed by atoms with Crippen molar-refractivity contribution in [1.82, 2.24) is 0 Å². The van der Waals surface area contributed by atoms with E-state index in [0.717, 1.165) is 11.1 Å². The normalized spacial score (nSPS) is 14.3. The number of benzene rings is 2. The smallest absolute Gasteiger partial charge is 0.0923 e. The lowest BCUT2D eigenvalue weighted by molar-refractivity contribution is 0.0577. The molecule has 2 heteroatoms. The van der Waals surface area contributed by atoms with Gasteiger partial charge < -0.3 is 5.11 Å². The molecule has 0 spiro atoms. The van der Waals surface area contributed by atoms with E-state index in [0.29, 0.717) is 11.4 Å². The third-order valence-electron chi connectivity index (χ3n) is 2.85. The van der Waals surface area contributed by atoms with Crippen LogP contribution in [-0.2, 0) is 12.0 Å². The predicted molar refractivity (Wildman–Crippen MR) is 71.2 cm³/mol. The topological polar surface area (TPSA) is 20.2 Å². The van der Waals surface area contributed by atoms with Gasteiger partial charge in [-0.05, 0) is 18.6 Å². The lowest BCUT2D eigenvalue weighted by atomic mass is 9.89. The van der Waals surface area contributed by atoms with Crippen molar-refractivity contribution in [3.05, 3.63) is 70.7 Å². The van der Waals surface area contributed by atoms with Crippen LogP contribution in [0.25, 0.3) is 0 Å². The quantitative estimate of drug-likeness (QED) is 0.874. The molecule has 2 aromatic rings. The monoisotopic (exact) mass is 246 g/mol. The Morgan fingerprint density at radius 2 is 1.59 bits per heavy atom. The zero-order valence-corrected chi connectivity index (χ0v) is 10.5. The van der Waals surface area contributed by atoms with E-state index >= 15 is 0 Å². The summed E-state index contributed by atoms with van der Waals surface area (Å²) in [5.41, 5.74) is 0.919. The molecule has 0 heterocycles. The van der Waals surface area contributed by atoms with Crippen molar-refractivity contribution in [2.75, 3.05) is 0 Å². The molecule has 2 rings (SSSR count). The molecule has 88 valence electrons. The molecule has 0 saturated carbocycles. The predicted octanol–water partition coefficient (Wildman–Crippen LogP) is 3.79. The van der Waals surface area contributed by atoms with E-state index < -0.39 is 5.60 Å². The van der Waals surface area contributed by atoms with Crippen LogP contribution in [-0.4, -0.2) is 5.11 Å². The largest absolute Gasteiger partial charge is 0.385 e. The van der Waals surface area contributed by atoms with Gasteiger partial charge in [0.05, 0.1) is 5.60 Å². The van der Waals surface area contributed by atoms with Gasteiger partial charge in [0.15, 0.2) is 0 Å². The Kier molecular flexibility index (Phi) is 3.51. The van der Waals surface area contributed by atoms with Gasteiger partial charge in [-0.3, -0.25) is 0 Å². The van der Waals surface area contributed by atoms with Crippen molar-refractivity contribution < 1.29 is 5.11 Å². The average molecular weight is 247 g/mol. The van der Waals surface area contributed by atoms with E-state index in [1.807, 2.05) is 48.5 Å². The molecular weight excluding hydrogens is 232 g/mol. The summed E-state index contributed by atoms with van der Waals surface area (Å²) in [5.74, 6) is 0. The second-order valence-corrected chi connectivity index (χ2v) is 4.82. The van der Waals surface area contributed by atoms with Gasteiger partial charge in [0.25, 0.3) is 0 Å². The van der Waals surface area contributed by atoms with Crippen molar-refractivity contribution in [1.29, 1.82) is 0 Å². The van der Waals surface area contributed by atoms with Crippen molar-refractivity contribution >= 4 is 11.6 Å². The second kappa shape index (κ2) is 4.91. The first kappa shape index (κ1) is 12.2. The molecule has 0 amide bonds. The van der Waals surface area contributed by atoms with E-state index in [1.54, 1.807) is 13.0 Å². The second-order valence-electron chi connectivity index (χ2n) is 4.42. The van der Waals surface area contributed by atoms with Crippen LogP contribution in [0.1, 0.15) is 18.1 Å². The minimum Gasteiger partial charge on any atom is -0.385 e. The Balaban J connectivity index is 2.28. The molecule has 0 bridgehead atoms. The maximum Gasteiger partial charge on any atom is 0.0923 e. The minimum absolute atomic E-state index is 0.553. The first-order valence-corrected chi connectivity index (χ1v) is 5.99. The molecule has 0 aliphatic rings. The summed E-state index contributed by atoms with van der Waals surface area (Å²) < 4.78 is 0. The highest BCUT2D eigenvalue weighted by Crippen LogP contribution is 2.30. The van der Waals surface area contributed by atoms with E-state index in [-0.39, 0.29) is 0 Å². The fourth-order valence-electron chi connectivity index (χ4n) is 1.99. The number of halogens is 1. The highest BCUT2D eigenvalue weighted by atomic mass is 35.5. The summed E-state index contributed by atoms with van der Waals surface area (Å²) in [7, 11) is 0. The Morgan fingerprint density at radius 3 is 2.24 bits per heavy atom. The summed E-state index contributed by atoms with van der Waals surface area (Å²) in [6, 6.07) is 17.3. The van der Waals surface area contributed by atoms with Crippen LogP contribution in [0.15, 0.2) is 54.6 Å². The molecule has 0 fully saturated rings. The van der Waals surface area contributed by atoms with Crippen molar-refractivity contribution in [3.8, 4) is 0 Å². The third kappa shape index (κ3) is 2.87. The highest BCUT2D eigenvalue weighted by molar-refractivity contribution is 6.31. The van der Waals surface area contributed by atoms with E-state index in [4.69, 9.17) is 11.6 Å². The summed E-state index contributed by atoms with van der Waals surface area (Å²) in [4.78, 5) is 0. The number of hydrogen-bond acceptors (Lipinski definition) is 1. The van der Waals surface area contributed by atoms with E-state index in [2.05, 4.69) is 0 Å². The van der Waals surface area contributed by atoms with Crippen molar-refractivity contribution in [3.63, 3.8) is 0 Å². The Hall–Kier alpha value is -1.31. The van der Waals surface area contributed by atoms with E-state index in [9.17, 15) is 5.11 Å². The highest BCUT2D eigenvalue weighted by Gasteiger charge is 2.25. The number of hydrogen-bond donors (Lipinski definition) is 1. The van der Waals surface area contributed by atoms with Crippen LogP contribution in [0.2, 0.25) is 5.02 Å². The van der Waals surface area contributed by atoms with Crippen molar-refractivity contribution in [2.24, 2.45) is 0 Å². The van der Waals surface area contributed by atoms with Crippen LogP contribution in [0, 0.1) is 0 Å². The molecule has 1 nitrogen and oxygen atoms in total. The van der Waals surface area contributed by atoms with Crippen molar-refractivity contribution in [2.45, 2.75) is 18.9 Å². The zero-order valence-electron chi connectivity index (χ0n) is 9.73. The van der Waals surface area contributed by atoms with Crippen LogP contribution >= 0.6 is 11.6 Å². The minimum atomic E-state index is -0.945. The SMILES string of the molecule is CC(O)(Cc1ccccc1)c1ccccc1Cl. The van der Waals surface area contributed by atoms with Gasteiger partial charge >= 0.3 is 0 Å². The lowest BCUT2D eigenvalue weighted by Crippen LogP contribution is -2.24. The summed E-state index contributed by atoms with van der Waals surface area (Å²) in [6.07, 6.45) is 0.553. The van der Waals surface area contributed by atoms with Gasteiger partial charge in [0.2, 0.25) is 0 Å². The molecule has 2 aromatic carbocycles. The summed E-state index contributed by atoms with van der Waals surface area (Å²) in [6.45, 7) is 1.79. The average Bonchev–Trinajstić information content (AvgIpc) is 2.30. The molecule has 1 atom stereocenters. The van der Waals surface area contributed by atoms with Gasteiger partial charge in [-0.1, -0.05) is 60.1 Å². The Labute approximate surface area is 107 Å². The molecular formula is C15H15ClO. The number of rotatable bonds is 3. The first-order valence-electron chi connectivity index (χ1n) is 5.61. The van der Waals surface area contributed by atoms with Crippen LogP contribution in [0.3, 0.4) is 0 Å². The molecule has 1 N–H and O–H groups in total. The van der Waals surface area contributed by atoms with Gasteiger partial charge in [-0.2, -0.15) is 0 Å². The van der Waals surface area contributed by atoms with Crippen LogP contribution in [0.4, 0.5) is 0 Å². The van der Waals surface area contributed by atoms with Gasteiger partial charge in [0.1, 0.15) is 0 Å². The first-order chi connectivity index (χ1) is 8.09. The molecule has 17 heavy (non-hydrogen) atoms. The Morgan fingerprint density at radius 1 is 1.00 bits per heavy atom. The molecule has 0 aliphatic carbocycles. The molecule has 0 aromatic heterocycles. The zero-order chi connectivity index (χ0) is 12.3. The van der Waals surface area contributed by atoms with Crippen LogP contribution < -0.4 is 0 Å². The van der Waals surface area contributed by atoms with Gasteiger partial charge in [-0.25, -0.2) is 0 Å². The number of aliphatic hydroxyl groups is 1. The molecule has 0 radical (unpaired) electrons. The Bertz CT molecular complexity index is 491. The maximum atomic E-state index is 10.5. The maximum absolute atomic E-state index is 10.5. The lowest BCUT2D eigenvalue weighted by Gasteiger charge is -2.25. The van der Waals surface area contributed by atoms with Crippen LogP contribution in [0.5, 0.6) is 0 Å². The standard InChI is InChI=1S/C15H15ClO/c1-15(17,11-12-7-3-2-4-8-12)13-9-5-6-10-14(13)16/h2-10,17H,11H2,1H3. The fraction of sp³-hybridized carbons (Fsp3) is 0.200. The molecule has 0 saturated heterocycles. The summed E-state index contributed by atoms with van der Waals surface area (Å²) >= 11 is 6.11. The van der Waals surface area contributed by atoms with E-state index in [1.165, 1.54) is 0 Å². The summed E-state index contributed by atoms with van der Waals surface area (Å²) in [5, 5.41) is 11.1. The van der Waals surface area contributed by atoms with Gasteiger partial charge in [0, 0.05) is 17.0 Å². The fourth-order valence-corrected chi connectivity index (χ4v) is 2.33. The molecule has 1 unspecified atom stereocenters. The molecule has 0 aliphatic heterocycles. The van der Waals surface area contributed by atoms with Gasteiger partial charge in [-0.15, -0.1) is 0 Å². The third-order valence-corrected chi connectivity index (χ3v) is 3.17.